The highest BCUT2D eigenvalue weighted by Crippen LogP contribution is 2.50. The van der Waals surface area contributed by atoms with E-state index in [4.69, 9.17) is 4.74 Å². The Hall–Kier alpha value is -1.40. The highest BCUT2D eigenvalue weighted by atomic mass is 16.5. The zero-order valence-electron chi connectivity index (χ0n) is 14.6. The number of nitrogens with zero attached hydrogens (tertiary/aromatic N) is 4. The predicted molar refractivity (Wildman–Crippen MR) is 90.3 cm³/mol. The van der Waals surface area contributed by atoms with Gasteiger partial charge in [-0.3, -0.25) is 14.4 Å². The smallest absolute Gasteiger partial charge is 0.226 e. The van der Waals surface area contributed by atoms with E-state index in [0.29, 0.717) is 19.1 Å². The van der Waals surface area contributed by atoms with Crippen LogP contribution in [0.3, 0.4) is 0 Å². The van der Waals surface area contributed by atoms with E-state index in [1.165, 1.54) is 18.4 Å². The van der Waals surface area contributed by atoms with Gasteiger partial charge in [-0.05, 0) is 31.2 Å². The minimum atomic E-state index is 0.206. The summed E-state index contributed by atoms with van der Waals surface area (Å²) in [6.45, 7) is 6.03. The van der Waals surface area contributed by atoms with Gasteiger partial charge in [-0.1, -0.05) is 6.42 Å². The van der Waals surface area contributed by atoms with Gasteiger partial charge in [0.2, 0.25) is 5.91 Å². The van der Waals surface area contributed by atoms with Crippen molar-refractivity contribution in [2.75, 3.05) is 39.4 Å². The molecule has 6 nitrogen and oxygen atoms in total. The molecule has 2 atom stereocenters. The first kappa shape index (κ1) is 16.1. The lowest BCUT2D eigenvalue weighted by Crippen LogP contribution is -2.47. The number of ether oxygens (including phenoxy) is 1. The molecule has 1 amide bonds. The second kappa shape index (κ2) is 6.48. The number of likely N-dealkylation sites (tertiary alicyclic amines) is 1. The molecular weight excluding hydrogens is 304 g/mol. The van der Waals surface area contributed by atoms with Crippen LogP contribution in [0.4, 0.5) is 0 Å². The Morgan fingerprint density at radius 3 is 2.92 bits per heavy atom. The van der Waals surface area contributed by atoms with Gasteiger partial charge in [0.05, 0.1) is 19.4 Å². The number of aryl methyl sites for hydroxylation is 1. The van der Waals surface area contributed by atoms with Crippen molar-refractivity contribution >= 4 is 5.91 Å². The molecule has 132 valence electrons. The number of hydrogen-bond donors (Lipinski definition) is 0. The van der Waals surface area contributed by atoms with Crippen molar-refractivity contribution in [3.05, 3.63) is 18.0 Å². The molecule has 3 aliphatic rings. The molecule has 2 saturated heterocycles. The summed E-state index contributed by atoms with van der Waals surface area (Å²) in [5.41, 5.74) is 1.47. The Morgan fingerprint density at radius 1 is 1.33 bits per heavy atom. The second-order valence-corrected chi connectivity index (χ2v) is 7.73. The Morgan fingerprint density at radius 2 is 2.17 bits per heavy atom. The van der Waals surface area contributed by atoms with Crippen LogP contribution >= 0.6 is 0 Å². The van der Waals surface area contributed by atoms with E-state index < -0.39 is 0 Å². The van der Waals surface area contributed by atoms with Crippen LogP contribution < -0.4 is 0 Å². The fourth-order valence-electron chi connectivity index (χ4n) is 4.95. The van der Waals surface area contributed by atoms with Crippen LogP contribution in [-0.2, 0) is 23.1 Å². The monoisotopic (exact) mass is 332 g/mol. The number of carbonyl (C=O) groups excluding carboxylic acids is 1. The first-order valence-corrected chi connectivity index (χ1v) is 9.23. The second-order valence-electron chi connectivity index (χ2n) is 7.73. The molecule has 1 aliphatic carbocycles. The van der Waals surface area contributed by atoms with Crippen LogP contribution in [0.25, 0.3) is 0 Å². The van der Waals surface area contributed by atoms with Crippen LogP contribution in [0.15, 0.2) is 12.4 Å². The number of carbonyl (C=O) groups is 1. The Kier molecular flexibility index (Phi) is 4.35. The lowest BCUT2D eigenvalue weighted by molar-refractivity contribution is -0.143. The minimum absolute atomic E-state index is 0.206. The first-order valence-electron chi connectivity index (χ1n) is 9.23. The lowest BCUT2D eigenvalue weighted by atomic mass is 9.76. The van der Waals surface area contributed by atoms with Gasteiger partial charge in [-0.25, -0.2) is 0 Å². The normalized spacial score (nSPS) is 31.2. The van der Waals surface area contributed by atoms with Gasteiger partial charge in [0.1, 0.15) is 0 Å². The third-order valence-electron chi connectivity index (χ3n) is 6.16. The topological polar surface area (TPSA) is 50.6 Å². The molecule has 0 radical (unpaired) electrons. The van der Waals surface area contributed by atoms with E-state index in [2.05, 4.69) is 16.2 Å². The molecule has 2 aliphatic heterocycles. The van der Waals surface area contributed by atoms with Crippen molar-refractivity contribution < 1.29 is 9.53 Å². The highest BCUT2D eigenvalue weighted by molar-refractivity contribution is 5.80. The molecule has 0 N–H and O–H groups in total. The maximum Gasteiger partial charge on any atom is 0.226 e. The number of rotatable bonds is 3. The molecule has 0 bridgehead atoms. The predicted octanol–water partition coefficient (Wildman–Crippen LogP) is 1.27. The Labute approximate surface area is 143 Å². The number of morpholine rings is 1. The average molecular weight is 332 g/mol. The number of hydrogen-bond acceptors (Lipinski definition) is 4. The van der Waals surface area contributed by atoms with Gasteiger partial charge >= 0.3 is 0 Å². The van der Waals surface area contributed by atoms with Gasteiger partial charge in [0.15, 0.2) is 0 Å². The summed E-state index contributed by atoms with van der Waals surface area (Å²) >= 11 is 0. The van der Waals surface area contributed by atoms with E-state index >= 15 is 0 Å². The van der Waals surface area contributed by atoms with Crippen molar-refractivity contribution in [1.82, 2.24) is 19.6 Å². The molecule has 1 aromatic heterocycles. The van der Waals surface area contributed by atoms with E-state index in [0.717, 1.165) is 45.6 Å². The summed E-state index contributed by atoms with van der Waals surface area (Å²) in [6.07, 6.45) is 8.68. The molecular formula is C18H28N4O2. The van der Waals surface area contributed by atoms with Crippen LogP contribution in [0, 0.1) is 11.3 Å². The van der Waals surface area contributed by atoms with Crippen molar-refractivity contribution in [3.8, 4) is 0 Å². The third kappa shape index (κ3) is 2.97. The van der Waals surface area contributed by atoms with Gasteiger partial charge in [-0.2, -0.15) is 5.10 Å². The summed E-state index contributed by atoms with van der Waals surface area (Å²) in [5.74, 6) is 0.605. The Balaban J connectivity index is 1.43. The van der Waals surface area contributed by atoms with Gasteiger partial charge < -0.3 is 9.64 Å². The van der Waals surface area contributed by atoms with E-state index in [1.54, 1.807) is 0 Å². The largest absolute Gasteiger partial charge is 0.378 e. The van der Waals surface area contributed by atoms with Gasteiger partial charge in [0.25, 0.3) is 0 Å². The molecule has 3 fully saturated rings. The summed E-state index contributed by atoms with van der Waals surface area (Å²) in [6, 6.07) is 0. The maximum absolute atomic E-state index is 13.1. The summed E-state index contributed by atoms with van der Waals surface area (Å²) < 4.78 is 7.27. The quantitative estimate of drug-likeness (QED) is 0.836. The summed E-state index contributed by atoms with van der Waals surface area (Å²) in [5, 5.41) is 4.27. The number of aromatic nitrogens is 2. The summed E-state index contributed by atoms with van der Waals surface area (Å²) in [4.78, 5) is 17.6. The molecule has 0 aromatic carbocycles. The van der Waals surface area contributed by atoms with Crippen molar-refractivity contribution in [1.29, 1.82) is 0 Å². The molecule has 6 heteroatoms. The molecule has 1 saturated carbocycles. The van der Waals surface area contributed by atoms with Gasteiger partial charge in [-0.15, -0.1) is 0 Å². The van der Waals surface area contributed by atoms with Crippen LogP contribution in [0.5, 0.6) is 0 Å². The highest BCUT2D eigenvalue weighted by Gasteiger charge is 2.51. The standard InChI is InChI=1S/C18H28N4O2/c1-20-12-15(11-19-20)13-21-6-5-18(14-21)4-2-3-16(18)17(23)22-7-9-24-10-8-22/h11-12,16H,2-10,13-14H2,1H3/t16-,18-/m0/s1. The van der Waals surface area contributed by atoms with Crippen molar-refractivity contribution in [2.45, 2.75) is 32.2 Å². The van der Waals surface area contributed by atoms with Crippen molar-refractivity contribution in [3.63, 3.8) is 0 Å². The average Bonchev–Trinajstić information content (AvgIpc) is 3.30. The molecule has 4 rings (SSSR count). The Bertz CT molecular complexity index is 596. The fraction of sp³-hybridized carbons (Fsp3) is 0.778. The zero-order chi connectivity index (χ0) is 16.6. The third-order valence-corrected chi connectivity index (χ3v) is 6.16. The SMILES string of the molecule is Cn1cc(CN2CC[C@@]3(CCC[C@H]3C(=O)N3CCOCC3)C2)cn1. The lowest BCUT2D eigenvalue weighted by Gasteiger charge is -2.36. The molecule has 1 aromatic rings. The molecule has 24 heavy (non-hydrogen) atoms. The van der Waals surface area contributed by atoms with E-state index in [9.17, 15) is 4.79 Å². The minimum Gasteiger partial charge on any atom is -0.378 e. The van der Waals surface area contributed by atoms with Gasteiger partial charge in [0, 0.05) is 50.9 Å². The number of amides is 1. The van der Waals surface area contributed by atoms with Crippen LogP contribution in [0.1, 0.15) is 31.2 Å². The van der Waals surface area contributed by atoms with E-state index in [-0.39, 0.29) is 11.3 Å². The first-order chi connectivity index (χ1) is 11.7. The van der Waals surface area contributed by atoms with Crippen molar-refractivity contribution in [2.24, 2.45) is 18.4 Å². The molecule has 0 unspecified atom stereocenters. The van der Waals surface area contributed by atoms with E-state index in [1.807, 2.05) is 22.8 Å². The molecule has 3 heterocycles. The van der Waals surface area contributed by atoms with Crippen LogP contribution in [-0.4, -0.2) is 64.9 Å². The fourth-order valence-corrected chi connectivity index (χ4v) is 4.95. The molecule has 1 spiro atoms. The summed E-state index contributed by atoms with van der Waals surface area (Å²) in [7, 11) is 1.96. The van der Waals surface area contributed by atoms with Crippen LogP contribution in [0.2, 0.25) is 0 Å². The maximum atomic E-state index is 13.1. The zero-order valence-corrected chi connectivity index (χ0v) is 14.6.